The molecule has 3 aromatic rings. The first-order chi connectivity index (χ1) is 14.6. The van der Waals surface area contributed by atoms with E-state index in [1.165, 1.54) is 0 Å². The molecule has 2 unspecified atom stereocenters. The third kappa shape index (κ3) is 3.73. The molecule has 1 amide bonds. The molecule has 7 nitrogen and oxygen atoms in total. The minimum atomic E-state index is -0.122. The Morgan fingerprint density at radius 3 is 2.80 bits per heavy atom. The number of hydrogen-bond donors (Lipinski definition) is 3. The summed E-state index contributed by atoms with van der Waals surface area (Å²) in [6, 6.07) is 15.3. The highest BCUT2D eigenvalue weighted by molar-refractivity contribution is 7.80. The lowest BCUT2D eigenvalue weighted by Crippen LogP contribution is -2.29. The van der Waals surface area contributed by atoms with Crippen LogP contribution in [0.15, 0.2) is 60.9 Å². The van der Waals surface area contributed by atoms with E-state index in [1.807, 2.05) is 61.7 Å². The third-order valence-electron chi connectivity index (χ3n) is 5.10. The Kier molecular flexibility index (Phi) is 5.67. The summed E-state index contributed by atoms with van der Waals surface area (Å²) in [6.07, 6.45) is 4.07. The zero-order chi connectivity index (χ0) is 21.1. The van der Waals surface area contributed by atoms with Crippen molar-refractivity contribution in [3.8, 4) is 5.75 Å². The minimum absolute atomic E-state index is 0.0705. The summed E-state index contributed by atoms with van der Waals surface area (Å²) < 4.78 is 5.54. The number of nitrogens with one attached hydrogen (secondary N) is 3. The van der Waals surface area contributed by atoms with Gasteiger partial charge in [-0.25, -0.2) is 0 Å². The van der Waals surface area contributed by atoms with E-state index in [-0.39, 0.29) is 18.0 Å². The highest BCUT2D eigenvalue weighted by atomic mass is 32.1. The fraction of sp³-hybridized carbons (Fsp3) is 0.227. The maximum absolute atomic E-state index is 11.8. The van der Waals surface area contributed by atoms with Crippen LogP contribution < -0.4 is 20.3 Å². The van der Waals surface area contributed by atoms with Gasteiger partial charge in [-0.15, -0.1) is 0 Å². The van der Waals surface area contributed by atoms with Crippen molar-refractivity contribution in [2.75, 3.05) is 17.3 Å². The largest absolute Gasteiger partial charge is 0.494 e. The number of methoxy groups -OCH3 is 1. The van der Waals surface area contributed by atoms with Crippen LogP contribution in [0, 0.1) is 0 Å². The van der Waals surface area contributed by atoms with Gasteiger partial charge in [-0.05, 0) is 48.6 Å². The maximum Gasteiger partial charge on any atom is 0.224 e. The van der Waals surface area contributed by atoms with E-state index in [2.05, 4.69) is 25.5 Å². The molecule has 3 heterocycles. The first-order valence-corrected chi connectivity index (χ1v) is 10.1. The van der Waals surface area contributed by atoms with Crippen molar-refractivity contribution in [3.63, 3.8) is 0 Å². The third-order valence-corrected chi connectivity index (χ3v) is 5.41. The second-order valence-electron chi connectivity index (χ2n) is 6.91. The van der Waals surface area contributed by atoms with Gasteiger partial charge in [-0.2, -0.15) is 0 Å². The number of thiocarbonyl (C=S) groups is 1. The van der Waals surface area contributed by atoms with Crippen LogP contribution in [-0.4, -0.2) is 28.1 Å². The number of amides is 1. The molecule has 1 aromatic carbocycles. The lowest BCUT2D eigenvalue weighted by molar-refractivity contribution is -0.115. The number of pyridine rings is 1. The van der Waals surface area contributed by atoms with Crippen molar-refractivity contribution >= 4 is 34.6 Å². The number of anilines is 2. The molecular weight excluding hydrogens is 398 g/mol. The maximum atomic E-state index is 11.8. The van der Waals surface area contributed by atoms with E-state index >= 15 is 0 Å². The number of aromatic amines is 1. The van der Waals surface area contributed by atoms with Gasteiger partial charge in [0, 0.05) is 36.3 Å². The number of hydrogen-bond acceptors (Lipinski definition) is 4. The lowest BCUT2D eigenvalue weighted by atomic mass is 10.0. The van der Waals surface area contributed by atoms with Gasteiger partial charge in [0.2, 0.25) is 5.91 Å². The highest BCUT2D eigenvalue weighted by Crippen LogP contribution is 2.42. The van der Waals surface area contributed by atoms with E-state index < -0.39 is 0 Å². The Morgan fingerprint density at radius 1 is 1.27 bits per heavy atom. The number of ether oxygens (including phenoxy) is 1. The van der Waals surface area contributed by atoms with Crippen LogP contribution in [-0.2, 0) is 4.79 Å². The van der Waals surface area contributed by atoms with E-state index in [0.29, 0.717) is 23.0 Å². The SMILES string of the molecule is CCC(=O)Nc1ccc(N2C(=S)NC(c3ccccn3)C2c2ccc[nH]2)cc1OC. The summed E-state index contributed by atoms with van der Waals surface area (Å²) in [7, 11) is 1.58. The topological polar surface area (TPSA) is 82.3 Å². The van der Waals surface area contributed by atoms with Gasteiger partial charge in [0.15, 0.2) is 5.11 Å². The Hall–Kier alpha value is -3.39. The molecule has 0 aliphatic carbocycles. The van der Waals surface area contributed by atoms with Crippen molar-refractivity contribution in [1.29, 1.82) is 0 Å². The molecule has 3 N–H and O–H groups in total. The van der Waals surface area contributed by atoms with Crippen molar-refractivity contribution in [3.05, 3.63) is 72.3 Å². The number of carbonyl (C=O) groups is 1. The van der Waals surface area contributed by atoms with Crippen LogP contribution in [0.5, 0.6) is 5.75 Å². The van der Waals surface area contributed by atoms with Crippen molar-refractivity contribution in [1.82, 2.24) is 15.3 Å². The molecular formula is C22H23N5O2S. The molecule has 2 aromatic heterocycles. The second kappa shape index (κ2) is 8.54. The fourth-order valence-corrected chi connectivity index (χ4v) is 3.99. The van der Waals surface area contributed by atoms with Gasteiger partial charge in [-0.1, -0.05) is 13.0 Å². The Bertz CT molecular complexity index is 1040. The molecule has 0 bridgehead atoms. The standard InChI is InChI=1S/C22H23N5O2S/c1-3-19(28)25-15-10-9-14(13-18(15)29-2)27-21(17-8-6-12-24-17)20(26-22(27)30)16-7-4-5-11-23-16/h4-13,20-21,24H,3H2,1-2H3,(H,25,28)(H,26,30). The van der Waals surface area contributed by atoms with Gasteiger partial charge in [0.25, 0.3) is 0 Å². The monoisotopic (exact) mass is 421 g/mol. The normalized spacial score (nSPS) is 18.2. The molecule has 0 spiro atoms. The molecule has 154 valence electrons. The zero-order valence-electron chi connectivity index (χ0n) is 16.8. The number of H-pyrrole nitrogens is 1. The number of aromatic nitrogens is 2. The Balaban J connectivity index is 1.75. The van der Waals surface area contributed by atoms with Crippen molar-refractivity contribution in [2.24, 2.45) is 0 Å². The Morgan fingerprint density at radius 2 is 2.13 bits per heavy atom. The highest BCUT2D eigenvalue weighted by Gasteiger charge is 2.41. The molecule has 1 aliphatic heterocycles. The molecule has 1 aliphatic rings. The fourth-order valence-electron chi connectivity index (χ4n) is 3.65. The first-order valence-electron chi connectivity index (χ1n) is 9.74. The van der Waals surface area contributed by atoms with Crippen LogP contribution in [0.1, 0.15) is 36.8 Å². The molecule has 1 saturated heterocycles. The predicted molar refractivity (Wildman–Crippen MR) is 121 cm³/mol. The van der Waals surface area contributed by atoms with Crippen molar-refractivity contribution < 1.29 is 9.53 Å². The van der Waals surface area contributed by atoms with E-state index in [0.717, 1.165) is 17.1 Å². The Labute approximate surface area is 180 Å². The molecule has 4 rings (SSSR count). The van der Waals surface area contributed by atoms with E-state index in [1.54, 1.807) is 13.3 Å². The van der Waals surface area contributed by atoms with Crippen LogP contribution >= 0.6 is 12.2 Å². The number of rotatable bonds is 6. The summed E-state index contributed by atoms with van der Waals surface area (Å²) in [5, 5.41) is 6.88. The summed E-state index contributed by atoms with van der Waals surface area (Å²) >= 11 is 5.71. The molecule has 30 heavy (non-hydrogen) atoms. The number of benzene rings is 1. The van der Waals surface area contributed by atoms with E-state index in [9.17, 15) is 4.79 Å². The van der Waals surface area contributed by atoms with Crippen LogP contribution in [0.4, 0.5) is 11.4 Å². The first kappa shape index (κ1) is 19.9. The van der Waals surface area contributed by atoms with Gasteiger partial charge < -0.3 is 25.3 Å². The number of nitrogens with zero attached hydrogens (tertiary/aromatic N) is 2. The smallest absolute Gasteiger partial charge is 0.224 e. The predicted octanol–water partition coefficient (Wildman–Crippen LogP) is 3.94. The lowest BCUT2D eigenvalue weighted by Gasteiger charge is -2.27. The van der Waals surface area contributed by atoms with Gasteiger partial charge in [-0.3, -0.25) is 9.78 Å². The number of carbonyl (C=O) groups excluding carboxylic acids is 1. The molecule has 0 saturated carbocycles. The van der Waals surface area contributed by atoms with Crippen LogP contribution in [0.2, 0.25) is 0 Å². The average Bonchev–Trinajstić information content (AvgIpc) is 3.42. The average molecular weight is 422 g/mol. The van der Waals surface area contributed by atoms with Gasteiger partial charge in [0.05, 0.1) is 24.5 Å². The summed E-state index contributed by atoms with van der Waals surface area (Å²) in [5.41, 5.74) is 3.40. The summed E-state index contributed by atoms with van der Waals surface area (Å²) in [6.45, 7) is 1.81. The molecule has 2 atom stereocenters. The molecule has 8 heteroatoms. The molecule has 0 radical (unpaired) electrons. The molecule has 1 fully saturated rings. The van der Waals surface area contributed by atoms with E-state index in [4.69, 9.17) is 17.0 Å². The zero-order valence-corrected chi connectivity index (χ0v) is 17.6. The van der Waals surface area contributed by atoms with Crippen LogP contribution in [0.25, 0.3) is 0 Å². The van der Waals surface area contributed by atoms with Crippen molar-refractivity contribution in [2.45, 2.75) is 25.4 Å². The summed E-state index contributed by atoms with van der Waals surface area (Å²) in [4.78, 5) is 21.7. The van der Waals surface area contributed by atoms with Gasteiger partial charge >= 0.3 is 0 Å². The van der Waals surface area contributed by atoms with Crippen LogP contribution in [0.3, 0.4) is 0 Å². The summed E-state index contributed by atoms with van der Waals surface area (Å²) in [5.74, 6) is 0.502. The minimum Gasteiger partial charge on any atom is -0.494 e. The quantitative estimate of drug-likeness (QED) is 0.523. The van der Waals surface area contributed by atoms with Gasteiger partial charge in [0.1, 0.15) is 11.8 Å². The second-order valence-corrected chi connectivity index (χ2v) is 7.30.